The van der Waals surface area contributed by atoms with E-state index in [1.54, 1.807) is 0 Å². The number of allylic oxidation sites excluding steroid dienone is 1. The first-order chi connectivity index (χ1) is 3.72. The summed E-state index contributed by atoms with van der Waals surface area (Å²) in [5, 5.41) is 6.75. The van der Waals surface area contributed by atoms with Gasteiger partial charge in [-0.2, -0.15) is 0 Å². The lowest BCUT2D eigenvalue weighted by Crippen LogP contribution is -2.12. The maximum absolute atomic E-state index is 6.75. The second-order valence-electron chi connectivity index (χ2n) is 1.48. The van der Waals surface area contributed by atoms with E-state index in [0.717, 1.165) is 6.42 Å². The molecule has 0 saturated heterocycles. The number of hydrogen-bond acceptors (Lipinski definition) is 3. The molecule has 8 heavy (non-hydrogen) atoms. The van der Waals surface area contributed by atoms with Crippen LogP contribution in [0.3, 0.4) is 0 Å². The highest BCUT2D eigenvalue weighted by Crippen LogP contribution is 1.94. The molecule has 0 aliphatic heterocycles. The first-order valence-corrected chi connectivity index (χ1v) is 2.47. The van der Waals surface area contributed by atoms with Crippen LogP contribution >= 0.6 is 0 Å². The van der Waals surface area contributed by atoms with Gasteiger partial charge in [-0.1, -0.05) is 6.92 Å². The van der Waals surface area contributed by atoms with E-state index in [0.29, 0.717) is 5.57 Å². The van der Waals surface area contributed by atoms with Crippen LogP contribution in [0, 0.1) is 5.41 Å². The van der Waals surface area contributed by atoms with Crippen LogP contribution in [0.4, 0.5) is 0 Å². The smallest absolute Gasteiger partial charge is 0.0981 e. The van der Waals surface area contributed by atoms with Crippen molar-refractivity contribution in [1.82, 2.24) is 0 Å². The summed E-state index contributed by atoms with van der Waals surface area (Å²) in [6, 6.07) is 0. The monoisotopic (exact) mass is 113 g/mol. The van der Waals surface area contributed by atoms with E-state index in [1.165, 1.54) is 6.21 Å². The van der Waals surface area contributed by atoms with Crippen molar-refractivity contribution in [2.45, 2.75) is 13.3 Å². The van der Waals surface area contributed by atoms with Gasteiger partial charge in [0.1, 0.15) is 0 Å². The molecule has 0 rings (SSSR count). The molecule has 0 fully saturated rings. The predicted molar refractivity (Wildman–Crippen MR) is 34.5 cm³/mol. The van der Waals surface area contributed by atoms with Crippen LogP contribution in [0.25, 0.3) is 0 Å². The Hall–Kier alpha value is -0.990. The lowest BCUT2D eigenvalue weighted by molar-refractivity contribution is 1.09. The maximum Gasteiger partial charge on any atom is 0.0981 e. The van der Waals surface area contributed by atoms with Gasteiger partial charge < -0.3 is 16.9 Å². The molecule has 0 aliphatic rings. The molecule has 0 heterocycles. The Labute approximate surface area is 48.9 Å². The van der Waals surface area contributed by atoms with E-state index in [1.807, 2.05) is 6.92 Å². The Morgan fingerprint density at radius 2 is 2.12 bits per heavy atom. The van der Waals surface area contributed by atoms with Crippen LogP contribution in [0.2, 0.25) is 0 Å². The highest BCUT2D eigenvalue weighted by Gasteiger charge is 1.89. The van der Waals surface area contributed by atoms with Crippen molar-refractivity contribution in [1.29, 1.82) is 5.41 Å². The molecule has 0 aliphatic carbocycles. The van der Waals surface area contributed by atoms with E-state index < -0.39 is 0 Å². The minimum Gasteiger partial charge on any atom is -0.385 e. The Morgan fingerprint density at radius 3 is 2.12 bits per heavy atom. The van der Waals surface area contributed by atoms with Crippen LogP contribution in [0.1, 0.15) is 13.3 Å². The number of rotatable bonds is 2. The van der Waals surface area contributed by atoms with Gasteiger partial charge in [-0.05, 0) is 6.42 Å². The molecule has 0 spiro atoms. The van der Waals surface area contributed by atoms with Crippen molar-refractivity contribution in [3.63, 3.8) is 0 Å². The van der Waals surface area contributed by atoms with Gasteiger partial charge in [0.25, 0.3) is 0 Å². The van der Waals surface area contributed by atoms with E-state index in [-0.39, 0.29) is 5.82 Å². The fourth-order valence-electron chi connectivity index (χ4n) is 0.390. The SMILES string of the molecule is CCC(C=N)=C(N)N. The number of nitrogens with two attached hydrogens (primary N) is 2. The summed E-state index contributed by atoms with van der Waals surface area (Å²) in [5.41, 5.74) is 11.0. The largest absolute Gasteiger partial charge is 0.385 e. The van der Waals surface area contributed by atoms with Gasteiger partial charge in [-0.3, -0.25) is 0 Å². The van der Waals surface area contributed by atoms with Gasteiger partial charge in [0.15, 0.2) is 0 Å². The zero-order valence-electron chi connectivity index (χ0n) is 4.94. The Bertz CT molecular complexity index is 111. The molecule has 0 aromatic carbocycles. The van der Waals surface area contributed by atoms with Gasteiger partial charge in [0.2, 0.25) is 0 Å². The van der Waals surface area contributed by atoms with Crippen molar-refractivity contribution in [3.8, 4) is 0 Å². The molecule has 0 atom stereocenters. The molecule has 0 aromatic heterocycles. The van der Waals surface area contributed by atoms with Gasteiger partial charge >= 0.3 is 0 Å². The maximum atomic E-state index is 6.75. The topological polar surface area (TPSA) is 75.9 Å². The van der Waals surface area contributed by atoms with Gasteiger partial charge in [0.05, 0.1) is 5.82 Å². The van der Waals surface area contributed by atoms with Crippen LogP contribution < -0.4 is 11.5 Å². The van der Waals surface area contributed by atoms with E-state index in [9.17, 15) is 0 Å². The molecule has 0 bridgehead atoms. The minimum atomic E-state index is 0.252. The molecule has 0 unspecified atom stereocenters. The lowest BCUT2D eigenvalue weighted by Gasteiger charge is -1.95. The normalized spacial score (nSPS) is 8.12. The molecule has 3 heteroatoms. The van der Waals surface area contributed by atoms with E-state index >= 15 is 0 Å². The quantitative estimate of drug-likeness (QED) is 0.446. The molecule has 5 N–H and O–H groups in total. The molecule has 0 aromatic rings. The minimum absolute atomic E-state index is 0.252. The third-order valence-electron chi connectivity index (χ3n) is 0.926. The first kappa shape index (κ1) is 7.01. The van der Waals surface area contributed by atoms with E-state index in [4.69, 9.17) is 16.9 Å². The Morgan fingerprint density at radius 1 is 1.62 bits per heavy atom. The summed E-state index contributed by atoms with van der Waals surface area (Å²) in [5.74, 6) is 0.252. The summed E-state index contributed by atoms with van der Waals surface area (Å²) in [6.45, 7) is 1.90. The van der Waals surface area contributed by atoms with Crippen LogP contribution in [-0.2, 0) is 0 Å². The summed E-state index contributed by atoms with van der Waals surface area (Å²) in [4.78, 5) is 0. The van der Waals surface area contributed by atoms with Gasteiger partial charge in [-0.15, -0.1) is 0 Å². The van der Waals surface area contributed by atoms with Gasteiger partial charge in [-0.25, -0.2) is 0 Å². The summed E-state index contributed by atoms with van der Waals surface area (Å²) < 4.78 is 0. The van der Waals surface area contributed by atoms with Crippen molar-refractivity contribution in [2.24, 2.45) is 11.5 Å². The Balaban J connectivity index is 4.07. The summed E-state index contributed by atoms with van der Waals surface area (Å²) in [7, 11) is 0. The summed E-state index contributed by atoms with van der Waals surface area (Å²) in [6.07, 6.45) is 1.90. The molecule has 0 amide bonds. The third-order valence-corrected chi connectivity index (χ3v) is 0.926. The fraction of sp³-hybridized carbons (Fsp3) is 0.400. The number of hydrogen-bond donors (Lipinski definition) is 3. The standard InChI is InChI=1S/C5H11N3/c1-2-4(3-6)5(7)8/h3,6H,2,7-8H2,1H3. The first-order valence-electron chi connectivity index (χ1n) is 2.47. The molecule has 0 radical (unpaired) electrons. The average Bonchev–Trinajstić information content (AvgIpc) is 1.69. The van der Waals surface area contributed by atoms with Gasteiger partial charge in [0, 0.05) is 11.8 Å². The molecular weight excluding hydrogens is 102 g/mol. The predicted octanol–water partition coefficient (Wildman–Crippen LogP) is 0.175. The van der Waals surface area contributed by atoms with Crippen molar-refractivity contribution >= 4 is 6.21 Å². The van der Waals surface area contributed by atoms with Crippen LogP contribution in [-0.4, -0.2) is 6.21 Å². The van der Waals surface area contributed by atoms with Crippen molar-refractivity contribution in [2.75, 3.05) is 0 Å². The Kier molecular flexibility index (Phi) is 2.69. The van der Waals surface area contributed by atoms with Crippen LogP contribution in [0.15, 0.2) is 11.4 Å². The lowest BCUT2D eigenvalue weighted by atomic mass is 10.2. The average molecular weight is 113 g/mol. The number of nitrogens with one attached hydrogen (secondary N) is 1. The zero-order chi connectivity index (χ0) is 6.57. The highest BCUT2D eigenvalue weighted by atomic mass is 14.8. The highest BCUT2D eigenvalue weighted by molar-refractivity contribution is 5.76. The second-order valence-corrected chi connectivity index (χ2v) is 1.48. The molecule has 3 nitrogen and oxygen atoms in total. The van der Waals surface area contributed by atoms with Crippen molar-refractivity contribution < 1.29 is 0 Å². The fourth-order valence-corrected chi connectivity index (χ4v) is 0.390. The summed E-state index contributed by atoms with van der Waals surface area (Å²) >= 11 is 0. The zero-order valence-corrected chi connectivity index (χ0v) is 4.94. The van der Waals surface area contributed by atoms with E-state index in [2.05, 4.69) is 0 Å². The molecular formula is C5H11N3. The molecule has 0 saturated carbocycles. The molecule has 46 valence electrons. The second kappa shape index (κ2) is 3.07. The third kappa shape index (κ3) is 1.64. The van der Waals surface area contributed by atoms with Crippen LogP contribution in [0.5, 0.6) is 0 Å². The van der Waals surface area contributed by atoms with Crippen molar-refractivity contribution in [3.05, 3.63) is 11.4 Å².